The molecule has 1 atom stereocenters. The van der Waals surface area contributed by atoms with Crippen molar-refractivity contribution in [2.75, 3.05) is 20.2 Å². The fourth-order valence-electron chi connectivity index (χ4n) is 3.15. The molecule has 1 aromatic rings. The number of ether oxygens (including phenoxy) is 1. The molecule has 3 N–H and O–H groups in total. The standard InChI is InChI=1S/C20H27N3O5/c1-23(15-9-10-17(25)22-19(15)26)20(27)18-14(13-24)7-6-8-16(18)28-12-5-3-2-4-11-21/h6-8,13,15H,2-5,9-12,21H2,1H3,(H,22,25,26). The molecule has 152 valence electrons. The van der Waals surface area contributed by atoms with Crippen molar-refractivity contribution in [1.29, 1.82) is 0 Å². The second-order valence-corrected chi connectivity index (χ2v) is 6.77. The van der Waals surface area contributed by atoms with Crippen molar-refractivity contribution in [3.63, 3.8) is 0 Å². The minimum absolute atomic E-state index is 0.131. The summed E-state index contributed by atoms with van der Waals surface area (Å²) < 4.78 is 5.77. The van der Waals surface area contributed by atoms with E-state index >= 15 is 0 Å². The summed E-state index contributed by atoms with van der Waals surface area (Å²) in [5, 5.41) is 2.24. The number of imide groups is 1. The topological polar surface area (TPSA) is 119 Å². The van der Waals surface area contributed by atoms with E-state index in [1.54, 1.807) is 12.1 Å². The molecule has 1 unspecified atom stereocenters. The van der Waals surface area contributed by atoms with Crippen molar-refractivity contribution in [2.45, 2.75) is 44.6 Å². The van der Waals surface area contributed by atoms with Crippen LogP contribution in [0.15, 0.2) is 18.2 Å². The lowest BCUT2D eigenvalue weighted by Gasteiger charge is -2.30. The molecule has 0 saturated carbocycles. The zero-order valence-electron chi connectivity index (χ0n) is 16.1. The minimum atomic E-state index is -0.769. The van der Waals surface area contributed by atoms with Crippen LogP contribution >= 0.6 is 0 Å². The molecule has 1 aliphatic rings. The van der Waals surface area contributed by atoms with Crippen LogP contribution in [0.4, 0.5) is 0 Å². The normalized spacial score (nSPS) is 16.4. The Balaban J connectivity index is 2.13. The molecule has 28 heavy (non-hydrogen) atoms. The number of aldehydes is 1. The number of piperidine rings is 1. The molecule has 1 aliphatic heterocycles. The third-order valence-corrected chi connectivity index (χ3v) is 4.75. The SMILES string of the molecule is CN(C(=O)c1c(C=O)cccc1OCCCCCCN)C1CCC(=O)NC1=O. The van der Waals surface area contributed by atoms with E-state index in [1.807, 2.05) is 0 Å². The maximum Gasteiger partial charge on any atom is 0.258 e. The molecule has 0 aromatic heterocycles. The Morgan fingerprint density at radius 1 is 1.29 bits per heavy atom. The molecule has 1 heterocycles. The zero-order chi connectivity index (χ0) is 20.5. The largest absolute Gasteiger partial charge is 0.493 e. The summed E-state index contributed by atoms with van der Waals surface area (Å²) in [7, 11) is 1.49. The van der Waals surface area contributed by atoms with Gasteiger partial charge in [-0.2, -0.15) is 0 Å². The summed E-state index contributed by atoms with van der Waals surface area (Å²) in [5.41, 5.74) is 5.80. The highest BCUT2D eigenvalue weighted by Crippen LogP contribution is 2.25. The molecule has 1 aromatic carbocycles. The quantitative estimate of drug-likeness (QED) is 0.353. The van der Waals surface area contributed by atoms with Crippen molar-refractivity contribution in [2.24, 2.45) is 5.73 Å². The van der Waals surface area contributed by atoms with Crippen molar-refractivity contribution < 1.29 is 23.9 Å². The Kier molecular flexibility index (Phi) is 8.13. The Morgan fingerprint density at radius 2 is 2.04 bits per heavy atom. The second kappa shape index (κ2) is 10.6. The lowest BCUT2D eigenvalue weighted by Crippen LogP contribution is -2.53. The number of carbonyl (C=O) groups is 4. The van der Waals surface area contributed by atoms with Gasteiger partial charge in [0.25, 0.3) is 5.91 Å². The number of nitrogens with zero attached hydrogens (tertiary/aromatic N) is 1. The van der Waals surface area contributed by atoms with Crippen molar-refractivity contribution >= 4 is 24.0 Å². The van der Waals surface area contributed by atoms with Gasteiger partial charge in [-0.1, -0.05) is 25.0 Å². The molecule has 1 saturated heterocycles. The molecule has 0 aliphatic carbocycles. The number of likely N-dealkylation sites (N-methyl/N-ethyl adjacent to an activating group) is 1. The van der Waals surface area contributed by atoms with Crippen LogP contribution in [0.2, 0.25) is 0 Å². The first kappa shape index (κ1) is 21.6. The predicted molar refractivity (Wildman–Crippen MR) is 103 cm³/mol. The van der Waals surface area contributed by atoms with Crippen LogP contribution in [-0.2, 0) is 9.59 Å². The average Bonchev–Trinajstić information content (AvgIpc) is 2.69. The Morgan fingerprint density at radius 3 is 2.71 bits per heavy atom. The number of hydrogen-bond donors (Lipinski definition) is 2. The molecule has 3 amide bonds. The van der Waals surface area contributed by atoms with Gasteiger partial charge in [0, 0.05) is 19.0 Å². The van der Waals surface area contributed by atoms with Crippen LogP contribution in [0.3, 0.4) is 0 Å². The smallest absolute Gasteiger partial charge is 0.258 e. The van der Waals surface area contributed by atoms with Gasteiger partial charge in [0.05, 0.1) is 12.2 Å². The highest BCUT2D eigenvalue weighted by atomic mass is 16.5. The molecule has 2 rings (SSSR count). The molecule has 0 bridgehead atoms. The summed E-state index contributed by atoms with van der Waals surface area (Å²) in [6, 6.07) is 4.05. The van der Waals surface area contributed by atoms with E-state index in [0.29, 0.717) is 25.2 Å². The molecule has 8 heteroatoms. The number of nitrogens with one attached hydrogen (secondary N) is 1. The first-order valence-electron chi connectivity index (χ1n) is 9.51. The van der Waals surface area contributed by atoms with E-state index in [4.69, 9.17) is 10.5 Å². The number of benzene rings is 1. The zero-order valence-corrected chi connectivity index (χ0v) is 16.1. The van der Waals surface area contributed by atoms with E-state index < -0.39 is 17.9 Å². The lowest BCUT2D eigenvalue weighted by atomic mass is 10.0. The molecule has 1 fully saturated rings. The van der Waals surface area contributed by atoms with E-state index in [1.165, 1.54) is 18.0 Å². The second-order valence-electron chi connectivity index (χ2n) is 6.77. The maximum atomic E-state index is 13.1. The molecule has 0 spiro atoms. The molecular formula is C20H27N3O5. The summed E-state index contributed by atoms with van der Waals surface area (Å²) in [6.07, 6.45) is 4.74. The Labute approximate surface area is 164 Å². The monoisotopic (exact) mass is 389 g/mol. The summed E-state index contributed by atoms with van der Waals surface area (Å²) in [6.45, 7) is 1.07. The van der Waals surface area contributed by atoms with Crippen molar-refractivity contribution in [1.82, 2.24) is 10.2 Å². The summed E-state index contributed by atoms with van der Waals surface area (Å²) in [5.74, 6) is -1.05. The highest BCUT2D eigenvalue weighted by Gasteiger charge is 2.34. The lowest BCUT2D eigenvalue weighted by molar-refractivity contribution is -0.136. The van der Waals surface area contributed by atoms with Gasteiger partial charge in [0.15, 0.2) is 6.29 Å². The fourth-order valence-corrected chi connectivity index (χ4v) is 3.15. The van der Waals surface area contributed by atoms with E-state index in [-0.39, 0.29) is 29.9 Å². The first-order valence-corrected chi connectivity index (χ1v) is 9.51. The summed E-state index contributed by atoms with van der Waals surface area (Å²) in [4.78, 5) is 49.2. The summed E-state index contributed by atoms with van der Waals surface area (Å²) >= 11 is 0. The third kappa shape index (κ3) is 5.39. The number of carbonyl (C=O) groups excluding carboxylic acids is 4. The Hall–Kier alpha value is -2.74. The van der Waals surface area contributed by atoms with E-state index in [2.05, 4.69) is 5.32 Å². The third-order valence-electron chi connectivity index (χ3n) is 4.75. The maximum absolute atomic E-state index is 13.1. The number of unbranched alkanes of at least 4 members (excludes halogenated alkanes) is 3. The fraction of sp³-hybridized carbons (Fsp3) is 0.500. The van der Waals surface area contributed by atoms with E-state index in [9.17, 15) is 19.2 Å². The van der Waals surface area contributed by atoms with Gasteiger partial charge in [-0.15, -0.1) is 0 Å². The molecule has 8 nitrogen and oxygen atoms in total. The number of nitrogens with two attached hydrogens (primary N) is 1. The van der Waals surface area contributed by atoms with Gasteiger partial charge in [-0.05, 0) is 31.9 Å². The van der Waals surface area contributed by atoms with Gasteiger partial charge < -0.3 is 15.4 Å². The van der Waals surface area contributed by atoms with Crippen LogP contribution in [0.1, 0.15) is 59.2 Å². The van der Waals surface area contributed by atoms with Crippen molar-refractivity contribution in [3.8, 4) is 5.75 Å². The van der Waals surface area contributed by atoms with Crippen molar-refractivity contribution in [3.05, 3.63) is 29.3 Å². The van der Waals surface area contributed by atoms with Crippen LogP contribution in [0.5, 0.6) is 5.75 Å². The average molecular weight is 389 g/mol. The minimum Gasteiger partial charge on any atom is -0.493 e. The van der Waals surface area contributed by atoms with Crippen LogP contribution in [0, 0.1) is 0 Å². The number of hydrogen-bond acceptors (Lipinski definition) is 6. The van der Waals surface area contributed by atoms with Crippen LogP contribution < -0.4 is 15.8 Å². The van der Waals surface area contributed by atoms with Gasteiger partial charge in [0.2, 0.25) is 11.8 Å². The van der Waals surface area contributed by atoms with Crippen LogP contribution in [-0.4, -0.2) is 55.1 Å². The van der Waals surface area contributed by atoms with E-state index in [0.717, 1.165) is 25.7 Å². The Bertz CT molecular complexity index is 735. The van der Waals surface area contributed by atoms with Gasteiger partial charge in [-0.3, -0.25) is 24.5 Å². The predicted octanol–water partition coefficient (Wildman–Crippen LogP) is 1.27. The number of amides is 3. The van der Waals surface area contributed by atoms with Gasteiger partial charge in [-0.25, -0.2) is 0 Å². The van der Waals surface area contributed by atoms with Crippen LogP contribution in [0.25, 0.3) is 0 Å². The van der Waals surface area contributed by atoms with Gasteiger partial charge in [0.1, 0.15) is 11.8 Å². The molecule has 0 radical (unpaired) electrons. The number of rotatable bonds is 10. The molecular weight excluding hydrogens is 362 g/mol. The highest BCUT2D eigenvalue weighted by molar-refractivity contribution is 6.07. The van der Waals surface area contributed by atoms with Gasteiger partial charge >= 0.3 is 0 Å². The first-order chi connectivity index (χ1) is 13.5.